The van der Waals surface area contributed by atoms with E-state index in [2.05, 4.69) is 5.32 Å². The van der Waals surface area contributed by atoms with Crippen molar-refractivity contribution in [3.8, 4) is 0 Å². The number of nitrogens with zero attached hydrogens (tertiary/aromatic N) is 1. The summed E-state index contributed by atoms with van der Waals surface area (Å²) in [5.41, 5.74) is 0.932. The standard InChI is InChI=1S/C15H21FN2O2/c1-11(2)17-15(20)10-18(12(3)19)9-8-13-4-6-14(16)7-5-13/h4-7,11H,8-10H2,1-3H3,(H,17,20). The van der Waals surface area contributed by atoms with Gasteiger partial charge in [0.25, 0.3) is 0 Å². The summed E-state index contributed by atoms with van der Waals surface area (Å²) in [7, 11) is 0. The highest BCUT2D eigenvalue weighted by Crippen LogP contribution is 2.05. The Morgan fingerprint density at radius 1 is 1.25 bits per heavy atom. The highest BCUT2D eigenvalue weighted by molar-refractivity contribution is 5.83. The van der Waals surface area contributed by atoms with Gasteiger partial charge in [-0.2, -0.15) is 0 Å². The van der Waals surface area contributed by atoms with Gasteiger partial charge in [-0.15, -0.1) is 0 Å². The molecule has 0 spiro atoms. The first-order valence-electron chi connectivity index (χ1n) is 6.68. The molecule has 2 amide bonds. The maximum atomic E-state index is 12.8. The molecule has 0 aliphatic rings. The number of hydrogen-bond donors (Lipinski definition) is 1. The summed E-state index contributed by atoms with van der Waals surface area (Å²) in [5, 5.41) is 2.75. The molecule has 5 heteroatoms. The molecule has 0 aliphatic carbocycles. The van der Waals surface area contributed by atoms with Gasteiger partial charge in [-0.1, -0.05) is 12.1 Å². The van der Waals surface area contributed by atoms with Crippen molar-refractivity contribution in [2.24, 2.45) is 0 Å². The first-order valence-corrected chi connectivity index (χ1v) is 6.68. The molecule has 0 aromatic heterocycles. The van der Waals surface area contributed by atoms with Crippen molar-refractivity contribution in [2.45, 2.75) is 33.2 Å². The van der Waals surface area contributed by atoms with Crippen LogP contribution >= 0.6 is 0 Å². The third-order valence-electron chi connectivity index (χ3n) is 2.81. The molecule has 110 valence electrons. The molecule has 0 saturated heterocycles. The summed E-state index contributed by atoms with van der Waals surface area (Å²) >= 11 is 0. The Balaban J connectivity index is 2.53. The van der Waals surface area contributed by atoms with Crippen molar-refractivity contribution >= 4 is 11.8 Å². The van der Waals surface area contributed by atoms with E-state index in [1.807, 2.05) is 13.8 Å². The van der Waals surface area contributed by atoms with Gasteiger partial charge in [-0.25, -0.2) is 4.39 Å². The lowest BCUT2D eigenvalue weighted by Gasteiger charge is -2.21. The summed E-state index contributed by atoms with van der Waals surface area (Å²) < 4.78 is 12.8. The van der Waals surface area contributed by atoms with Crippen LogP contribution < -0.4 is 5.32 Å². The number of amides is 2. The van der Waals surface area contributed by atoms with Gasteiger partial charge in [-0.05, 0) is 38.0 Å². The maximum absolute atomic E-state index is 12.8. The predicted octanol–water partition coefficient (Wildman–Crippen LogP) is 1.74. The van der Waals surface area contributed by atoms with Gasteiger partial charge in [0.15, 0.2) is 0 Å². The maximum Gasteiger partial charge on any atom is 0.239 e. The monoisotopic (exact) mass is 280 g/mol. The quantitative estimate of drug-likeness (QED) is 0.863. The van der Waals surface area contributed by atoms with Crippen LogP contribution in [0.1, 0.15) is 26.3 Å². The van der Waals surface area contributed by atoms with Crippen LogP contribution in [0.15, 0.2) is 24.3 Å². The molecule has 4 nitrogen and oxygen atoms in total. The lowest BCUT2D eigenvalue weighted by Crippen LogP contribution is -2.42. The molecule has 0 saturated carbocycles. The van der Waals surface area contributed by atoms with Gasteiger partial charge in [0.05, 0.1) is 6.54 Å². The summed E-state index contributed by atoms with van der Waals surface area (Å²) in [4.78, 5) is 24.7. The largest absolute Gasteiger partial charge is 0.352 e. The van der Waals surface area contributed by atoms with E-state index in [-0.39, 0.29) is 30.2 Å². The number of halogens is 1. The zero-order valence-corrected chi connectivity index (χ0v) is 12.1. The van der Waals surface area contributed by atoms with Crippen LogP contribution in [-0.4, -0.2) is 35.8 Å². The molecule has 0 fully saturated rings. The van der Waals surface area contributed by atoms with Crippen LogP contribution in [0.25, 0.3) is 0 Å². The Hall–Kier alpha value is -1.91. The average Bonchev–Trinajstić information content (AvgIpc) is 2.35. The number of hydrogen-bond acceptors (Lipinski definition) is 2. The molecular formula is C15H21FN2O2. The van der Waals surface area contributed by atoms with Gasteiger partial charge in [-0.3, -0.25) is 9.59 Å². The molecule has 0 atom stereocenters. The molecule has 20 heavy (non-hydrogen) atoms. The minimum absolute atomic E-state index is 0.0495. The summed E-state index contributed by atoms with van der Waals surface area (Å²) in [6.45, 7) is 5.66. The Kier molecular flexibility index (Phi) is 6.15. The minimum atomic E-state index is -0.284. The van der Waals surface area contributed by atoms with Crippen LogP contribution in [0.3, 0.4) is 0 Å². The molecule has 0 aliphatic heterocycles. The first-order chi connectivity index (χ1) is 9.38. The van der Waals surface area contributed by atoms with Gasteiger partial charge < -0.3 is 10.2 Å². The first kappa shape index (κ1) is 16.1. The Labute approximate surface area is 119 Å². The fourth-order valence-corrected chi connectivity index (χ4v) is 1.80. The van der Waals surface area contributed by atoms with Crippen LogP contribution in [0.5, 0.6) is 0 Å². The number of benzene rings is 1. The molecule has 0 bridgehead atoms. The van der Waals surface area contributed by atoms with E-state index in [4.69, 9.17) is 0 Å². The van der Waals surface area contributed by atoms with E-state index in [1.54, 1.807) is 12.1 Å². The Morgan fingerprint density at radius 3 is 2.35 bits per heavy atom. The van der Waals surface area contributed by atoms with E-state index in [0.717, 1.165) is 5.56 Å². The highest BCUT2D eigenvalue weighted by Gasteiger charge is 2.14. The van der Waals surface area contributed by atoms with E-state index < -0.39 is 0 Å². The second kappa shape index (κ2) is 7.62. The topological polar surface area (TPSA) is 49.4 Å². The van der Waals surface area contributed by atoms with Crippen LogP contribution in [0, 0.1) is 5.82 Å². The zero-order valence-electron chi connectivity index (χ0n) is 12.1. The van der Waals surface area contributed by atoms with E-state index >= 15 is 0 Å². The third-order valence-corrected chi connectivity index (χ3v) is 2.81. The van der Waals surface area contributed by atoms with Crippen molar-refractivity contribution < 1.29 is 14.0 Å². The van der Waals surface area contributed by atoms with Crippen molar-refractivity contribution in [2.75, 3.05) is 13.1 Å². The lowest BCUT2D eigenvalue weighted by molar-refractivity contribution is -0.134. The second-order valence-corrected chi connectivity index (χ2v) is 5.04. The average molecular weight is 280 g/mol. The Bertz CT molecular complexity index is 457. The van der Waals surface area contributed by atoms with Crippen LogP contribution in [0.2, 0.25) is 0 Å². The van der Waals surface area contributed by atoms with Gasteiger partial charge in [0.2, 0.25) is 11.8 Å². The number of carbonyl (C=O) groups is 2. The van der Waals surface area contributed by atoms with Crippen LogP contribution in [-0.2, 0) is 16.0 Å². The van der Waals surface area contributed by atoms with Crippen molar-refractivity contribution in [1.29, 1.82) is 0 Å². The van der Waals surface area contributed by atoms with Crippen molar-refractivity contribution in [3.63, 3.8) is 0 Å². The predicted molar refractivity (Wildman–Crippen MR) is 75.6 cm³/mol. The molecule has 0 radical (unpaired) electrons. The Morgan fingerprint density at radius 2 is 1.85 bits per heavy atom. The van der Waals surface area contributed by atoms with Gasteiger partial charge in [0, 0.05) is 19.5 Å². The minimum Gasteiger partial charge on any atom is -0.352 e. The normalized spacial score (nSPS) is 10.4. The molecule has 1 aromatic rings. The molecular weight excluding hydrogens is 259 g/mol. The molecule has 1 rings (SSSR count). The summed E-state index contributed by atoms with van der Waals surface area (Å²) in [6.07, 6.45) is 0.592. The molecule has 1 aromatic carbocycles. The van der Waals surface area contributed by atoms with Gasteiger partial charge in [0.1, 0.15) is 5.82 Å². The number of rotatable bonds is 6. The number of nitrogens with one attached hydrogen (secondary N) is 1. The van der Waals surface area contributed by atoms with Crippen molar-refractivity contribution in [1.82, 2.24) is 10.2 Å². The molecule has 1 N–H and O–H groups in total. The zero-order chi connectivity index (χ0) is 15.1. The van der Waals surface area contributed by atoms with E-state index in [0.29, 0.717) is 13.0 Å². The fourth-order valence-electron chi connectivity index (χ4n) is 1.80. The summed E-state index contributed by atoms with van der Waals surface area (Å²) in [5.74, 6) is -0.603. The lowest BCUT2D eigenvalue weighted by atomic mass is 10.1. The SMILES string of the molecule is CC(=O)N(CCc1ccc(F)cc1)CC(=O)NC(C)C. The smallest absolute Gasteiger partial charge is 0.239 e. The third kappa shape index (κ3) is 5.82. The highest BCUT2D eigenvalue weighted by atomic mass is 19.1. The summed E-state index contributed by atoms with van der Waals surface area (Å²) in [6, 6.07) is 6.19. The molecule has 0 unspecified atom stereocenters. The second-order valence-electron chi connectivity index (χ2n) is 5.04. The van der Waals surface area contributed by atoms with Gasteiger partial charge >= 0.3 is 0 Å². The van der Waals surface area contributed by atoms with E-state index in [9.17, 15) is 14.0 Å². The number of carbonyl (C=O) groups excluding carboxylic acids is 2. The van der Waals surface area contributed by atoms with Crippen molar-refractivity contribution in [3.05, 3.63) is 35.6 Å². The van der Waals surface area contributed by atoms with Crippen LogP contribution in [0.4, 0.5) is 4.39 Å². The fraction of sp³-hybridized carbons (Fsp3) is 0.467. The van der Waals surface area contributed by atoms with E-state index in [1.165, 1.54) is 24.0 Å². The molecule has 0 heterocycles.